The van der Waals surface area contributed by atoms with Gasteiger partial charge in [0.15, 0.2) is 0 Å². The van der Waals surface area contributed by atoms with Crippen LogP contribution in [0.5, 0.6) is 0 Å². The Morgan fingerprint density at radius 1 is 1.29 bits per heavy atom. The summed E-state index contributed by atoms with van der Waals surface area (Å²) in [5, 5.41) is 3.35. The third-order valence-corrected chi connectivity index (χ3v) is 3.38. The summed E-state index contributed by atoms with van der Waals surface area (Å²) in [5.74, 6) is 1.63. The molecule has 0 aliphatic rings. The summed E-state index contributed by atoms with van der Waals surface area (Å²) in [6.07, 6.45) is 0. The van der Waals surface area contributed by atoms with E-state index in [1.165, 1.54) is 12.1 Å². The lowest BCUT2D eigenvalue weighted by Gasteiger charge is -2.17. The van der Waals surface area contributed by atoms with Crippen molar-refractivity contribution in [2.75, 3.05) is 11.9 Å². The molecule has 1 aromatic heterocycles. The molecule has 1 heterocycles. The number of halogens is 1. The zero-order chi connectivity index (χ0) is 15.4. The van der Waals surface area contributed by atoms with Crippen molar-refractivity contribution in [2.45, 2.75) is 39.9 Å². The average Bonchev–Trinajstić information content (AvgIpc) is 2.76. The largest absolute Gasteiger partial charge is 0.463 e. The van der Waals surface area contributed by atoms with Crippen LogP contribution in [0.25, 0.3) is 0 Å². The molecule has 2 aromatic rings. The van der Waals surface area contributed by atoms with Gasteiger partial charge in [-0.2, -0.15) is 0 Å². The number of hydrogen-bond donors (Lipinski definition) is 1. The van der Waals surface area contributed by atoms with E-state index >= 15 is 0 Å². The van der Waals surface area contributed by atoms with E-state index in [0.717, 1.165) is 29.3 Å². The first-order chi connectivity index (χ1) is 9.95. The van der Waals surface area contributed by atoms with E-state index in [1.807, 2.05) is 31.0 Å². The fraction of sp³-hybridized carbons (Fsp3) is 0.412. The second kappa shape index (κ2) is 6.76. The number of nitrogens with zero attached hydrogens (tertiary/aromatic N) is 1. The number of rotatable bonds is 6. The maximum absolute atomic E-state index is 13.3. The van der Waals surface area contributed by atoms with Gasteiger partial charge >= 0.3 is 0 Å². The van der Waals surface area contributed by atoms with Gasteiger partial charge in [0.05, 0.1) is 13.1 Å². The van der Waals surface area contributed by atoms with Crippen LogP contribution >= 0.6 is 0 Å². The summed E-state index contributed by atoms with van der Waals surface area (Å²) in [5.41, 5.74) is 1.98. The van der Waals surface area contributed by atoms with Crippen LogP contribution in [0.3, 0.4) is 0 Å². The van der Waals surface area contributed by atoms with Crippen molar-refractivity contribution in [3.05, 3.63) is 53.2 Å². The Bertz CT molecular complexity index is 592. The van der Waals surface area contributed by atoms with E-state index in [2.05, 4.69) is 19.2 Å². The number of furan rings is 1. The molecule has 1 aromatic carbocycles. The monoisotopic (exact) mass is 290 g/mol. The molecular formula is C17H23FN2O. The second-order valence-corrected chi connectivity index (χ2v) is 5.69. The molecule has 0 amide bonds. The molecule has 0 aliphatic heterocycles. The predicted molar refractivity (Wildman–Crippen MR) is 83.9 cm³/mol. The van der Waals surface area contributed by atoms with Crippen LogP contribution in [-0.4, -0.2) is 13.1 Å². The maximum Gasteiger partial charge on any atom is 0.125 e. The fourth-order valence-electron chi connectivity index (χ4n) is 2.18. The summed E-state index contributed by atoms with van der Waals surface area (Å²) < 4.78 is 19.1. The molecule has 0 spiro atoms. The van der Waals surface area contributed by atoms with Gasteiger partial charge in [0.1, 0.15) is 17.3 Å². The van der Waals surface area contributed by atoms with E-state index in [4.69, 9.17) is 4.42 Å². The molecule has 0 saturated heterocycles. The Morgan fingerprint density at radius 3 is 2.71 bits per heavy atom. The Balaban J connectivity index is 2.04. The van der Waals surface area contributed by atoms with Crippen LogP contribution in [-0.2, 0) is 13.1 Å². The summed E-state index contributed by atoms with van der Waals surface area (Å²) >= 11 is 0. The topological polar surface area (TPSA) is 28.4 Å². The highest BCUT2D eigenvalue weighted by Crippen LogP contribution is 2.20. The van der Waals surface area contributed by atoms with Gasteiger partial charge in [-0.15, -0.1) is 0 Å². The SMILES string of the molecule is Cc1cc(CN(C)c2cccc(F)c2)oc1CNC(C)C. The van der Waals surface area contributed by atoms with Gasteiger partial charge in [-0.3, -0.25) is 0 Å². The van der Waals surface area contributed by atoms with Gasteiger partial charge in [-0.1, -0.05) is 19.9 Å². The summed E-state index contributed by atoms with van der Waals surface area (Å²) in [6, 6.07) is 9.05. The van der Waals surface area contributed by atoms with Crippen molar-refractivity contribution >= 4 is 5.69 Å². The zero-order valence-electron chi connectivity index (χ0n) is 13.1. The van der Waals surface area contributed by atoms with Crippen molar-refractivity contribution in [3.8, 4) is 0 Å². The van der Waals surface area contributed by atoms with Crippen LogP contribution in [0, 0.1) is 12.7 Å². The smallest absolute Gasteiger partial charge is 0.125 e. The van der Waals surface area contributed by atoms with Crippen molar-refractivity contribution in [1.29, 1.82) is 0 Å². The normalized spacial score (nSPS) is 11.1. The number of anilines is 1. The first-order valence-corrected chi connectivity index (χ1v) is 7.24. The molecule has 0 aliphatic carbocycles. The van der Waals surface area contributed by atoms with E-state index in [-0.39, 0.29) is 5.82 Å². The van der Waals surface area contributed by atoms with Crippen molar-refractivity contribution in [3.63, 3.8) is 0 Å². The molecular weight excluding hydrogens is 267 g/mol. The maximum atomic E-state index is 13.3. The number of aryl methyl sites for hydroxylation is 1. The number of nitrogens with one attached hydrogen (secondary N) is 1. The van der Waals surface area contributed by atoms with E-state index < -0.39 is 0 Å². The van der Waals surface area contributed by atoms with Gasteiger partial charge in [0.2, 0.25) is 0 Å². The highest BCUT2D eigenvalue weighted by Gasteiger charge is 2.11. The Hall–Kier alpha value is -1.81. The van der Waals surface area contributed by atoms with Crippen LogP contribution in [0.1, 0.15) is 30.9 Å². The van der Waals surface area contributed by atoms with Gasteiger partial charge in [-0.25, -0.2) is 4.39 Å². The lowest BCUT2D eigenvalue weighted by atomic mass is 10.2. The fourth-order valence-corrected chi connectivity index (χ4v) is 2.18. The van der Waals surface area contributed by atoms with Crippen LogP contribution < -0.4 is 10.2 Å². The van der Waals surface area contributed by atoms with Gasteiger partial charge in [-0.05, 0) is 36.8 Å². The molecule has 0 radical (unpaired) electrons. The highest BCUT2D eigenvalue weighted by atomic mass is 19.1. The quantitative estimate of drug-likeness (QED) is 0.875. The molecule has 0 saturated carbocycles. The summed E-state index contributed by atoms with van der Waals surface area (Å²) in [4.78, 5) is 1.97. The third kappa shape index (κ3) is 4.33. The first-order valence-electron chi connectivity index (χ1n) is 7.24. The zero-order valence-corrected chi connectivity index (χ0v) is 13.1. The van der Waals surface area contributed by atoms with Gasteiger partial charge < -0.3 is 14.6 Å². The molecule has 1 N–H and O–H groups in total. The van der Waals surface area contributed by atoms with Crippen LogP contribution in [0.15, 0.2) is 34.7 Å². The van der Waals surface area contributed by atoms with Crippen molar-refractivity contribution in [1.82, 2.24) is 5.32 Å². The minimum atomic E-state index is -0.225. The molecule has 0 unspecified atom stereocenters. The standard InChI is InChI=1S/C17H23FN2O/c1-12(2)19-10-17-13(3)8-16(21-17)11-20(4)15-7-5-6-14(18)9-15/h5-9,12,19H,10-11H2,1-4H3. The summed E-state index contributed by atoms with van der Waals surface area (Å²) in [7, 11) is 1.93. The Kier molecular flexibility index (Phi) is 5.02. The summed E-state index contributed by atoms with van der Waals surface area (Å²) in [6.45, 7) is 7.61. The van der Waals surface area contributed by atoms with Crippen molar-refractivity contribution < 1.29 is 8.81 Å². The molecule has 21 heavy (non-hydrogen) atoms. The highest BCUT2D eigenvalue weighted by molar-refractivity contribution is 5.45. The van der Waals surface area contributed by atoms with Crippen molar-refractivity contribution in [2.24, 2.45) is 0 Å². The molecule has 0 atom stereocenters. The van der Waals surface area contributed by atoms with E-state index in [1.54, 1.807) is 6.07 Å². The molecule has 114 valence electrons. The Labute approximate surface area is 125 Å². The molecule has 0 bridgehead atoms. The molecule has 4 heteroatoms. The first kappa shape index (κ1) is 15.6. The van der Waals surface area contributed by atoms with Gasteiger partial charge in [0, 0.05) is 18.8 Å². The van der Waals surface area contributed by atoms with Crippen LogP contribution in [0.4, 0.5) is 10.1 Å². The predicted octanol–water partition coefficient (Wildman–Crippen LogP) is 3.86. The lowest BCUT2D eigenvalue weighted by molar-refractivity contribution is 0.432. The van der Waals surface area contributed by atoms with Gasteiger partial charge in [0.25, 0.3) is 0 Å². The van der Waals surface area contributed by atoms with E-state index in [0.29, 0.717) is 12.6 Å². The van der Waals surface area contributed by atoms with Crippen LogP contribution in [0.2, 0.25) is 0 Å². The molecule has 3 nitrogen and oxygen atoms in total. The molecule has 0 fully saturated rings. The third-order valence-electron chi connectivity index (χ3n) is 3.38. The lowest BCUT2D eigenvalue weighted by Crippen LogP contribution is -2.21. The Morgan fingerprint density at radius 2 is 2.05 bits per heavy atom. The minimum Gasteiger partial charge on any atom is -0.463 e. The average molecular weight is 290 g/mol. The number of benzene rings is 1. The number of hydrogen-bond acceptors (Lipinski definition) is 3. The molecule has 2 rings (SSSR count). The second-order valence-electron chi connectivity index (χ2n) is 5.69. The van der Waals surface area contributed by atoms with E-state index in [9.17, 15) is 4.39 Å². The minimum absolute atomic E-state index is 0.225.